The summed E-state index contributed by atoms with van der Waals surface area (Å²) in [6.07, 6.45) is 2.15. The zero-order valence-electron chi connectivity index (χ0n) is 8.79. The molecule has 1 atom stereocenters. The van der Waals surface area contributed by atoms with Crippen LogP contribution in [0.25, 0.3) is 0 Å². The molecule has 0 heterocycles. The van der Waals surface area contributed by atoms with E-state index in [1.807, 2.05) is 11.9 Å². The summed E-state index contributed by atoms with van der Waals surface area (Å²) in [5.41, 5.74) is 5.34. The molecule has 0 fully saturated rings. The van der Waals surface area contributed by atoms with Crippen molar-refractivity contribution in [2.24, 2.45) is 5.73 Å². The molecule has 0 aromatic heterocycles. The molecule has 0 aromatic carbocycles. The Balaban J connectivity index is 3.47. The van der Waals surface area contributed by atoms with E-state index in [9.17, 15) is 4.79 Å². The maximum atomic E-state index is 10.4. The molecule has 0 saturated carbocycles. The highest BCUT2D eigenvalue weighted by Crippen LogP contribution is 2.00. The first-order chi connectivity index (χ1) is 6.45. The Kier molecular flexibility index (Phi) is 5.87. The summed E-state index contributed by atoms with van der Waals surface area (Å²) in [5, 5.41) is 15.8. The zero-order chi connectivity index (χ0) is 11.1. The van der Waals surface area contributed by atoms with E-state index in [0.29, 0.717) is 12.3 Å². The first kappa shape index (κ1) is 12.9. The Labute approximate surface area is 84.4 Å². The van der Waals surface area contributed by atoms with Gasteiger partial charge in [0.05, 0.1) is 5.84 Å². The van der Waals surface area contributed by atoms with Gasteiger partial charge in [0, 0.05) is 13.6 Å². The fourth-order valence-corrected chi connectivity index (χ4v) is 1.00. The van der Waals surface area contributed by atoms with Crippen LogP contribution in [0.15, 0.2) is 0 Å². The van der Waals surface area contributed by atoms with Crippen LogP contribution in [0.5, 0.6) is 0 Å². The van der Waals surface area contributed by atoms with E-state index >= 15 is 0 Å². The van der Waals surface area contributed by atoms with E-state index in [1.165, 1.54) is 0 Å². The van der Waals surface area contributed by atoms with E-state index in [2.05, 4.69) is 0 Å². The van der Waals surface area contributed by atoms with Gasteiger partial charge in [-0.15, -0.1) is 0 Å². The Morgan fingerprint density at radius 2 is 2.14 bits per heavy atom. The minimum Gasteiger partial charge on any atom is -0.480 e. The van der Waals surface area contributed by atoms with E-state index in [-0.39, 0.29) is 0 Å². The van der Waals surface area contributed by atoms with Gasteiger partial charge >= 0.3 is 5.97 Å². The van der Waals surface area contributed by atoms with Crippen molar-refractivity contribution in [1.29, 1.82) is 5.41 Å². The SMILES string of the molecule is CC(=N)N(C)CCCCC(N)C(=O)O. The average Bonchev–Trinajstić information content (AvgIpc) is 2.11. The number of rotatable bonds is 6. The number of unbranched alkanes of at least 4 members (excludes halogenated alkanes) is 1. The van der Waals surface area contributed by atoms with Crippen molar-refractivity contribution in [2.45, 2.75) is 32.2 Å². The van der Waals surface area contributed by atoms with E-state index < -0.39 is 12.0 Å². The molecule has 5 nitrogen and oxygen atoms in total. The molecule has 0 saturated heterocycles. The van der Waals surface area contributed by atoms with Crippen LogP contribution in [-0.2, 0) is 4.79 Å². The van der Waals surface area contributed by atoms with Gasteiger partial charge in [-0.1, -0.05) is 0 Å². The third-order valence-corrected chi connectivity index (χ3v) is 2.15. The Morgan fingerprint density at radius 3 is 2.57 bits per heavy atom. The van der Waals surface area contributed by atoms with E-state index in [0.717, 1.165) is 19.4 Å². The monoisotopic (exact) mass is 201 g/mol. The van der Waals surface area contributed by atoms with Gasteiger partial charge in [0.2, 0.25) is 0 Å². The van der Waals surface area contributed by atoms with Crippen LogP contribution in [0.1, 0.15) is 26.2 Å². The highest BCUT2D eigenvalue weighted by molar-refractivity contribution is 5.75. The van der Waals surface area contributed by atoms with Crippen LogP contribution < -0.4 is 5.73 Å². The number of nitrogens with two attached hydrogens (primary N) is 1. The second-order valence-electron chi connectivity index (χ2n) is 3.45. The van der Waals surface area contributed by atoms with Crippen LogP contribution >= 0.6 is 0 Å². The zero-order valence-corrected chi connectivity index (χ0v) is 8.79. The van der Waals surface area contributed by atoms with Crippen molar-refractivity contribution in [1.82, 2.24) is 4.90 Å². The molecular formula is C9H19N3O2. The molecule has 1 unspecified atom stereocenters. The van der Waals surface area contributed by atoms with Gasteiger partial charge < -0.3 is 15.7 Å². The third kappa shape index (κ3) is 5.53. The number of carbonyl (C=O) groups is 1. The molecule has 0 spiro atoms. The maximum Gasteiger partial charge on any atom is 0.320 e. The van der Waals surface area contributed by atoms with Crippen LogP contribution in [0.3, 0.4) is 0 Å². The number of carboxylic acids is 1. The van der Waals surface area contributed by atoms with Crippen molar-refractivity contribution in [3.8, 4) is 0 Å². The number of nitrogens with zero attached hydrogens (tertiary/aromatic N) is 1. The van der Waals surface area contributed by atoms with Crippen LogP contribution in [0.4, 0.5) is 0 Å². The molecule has 0 amide bonds. The van der Waals surface area contributed by atoms with Gasteiger partial charge in [0.1, 0.15) is 6.04 Å². The lowest BCUT2D eigenvalue weighted by atomic mass is 10.1. The summed E-state index contributed by atoms with van der Waals surface area (Å²) >= 11 is 0. The van der Waals surface area contributed by atoms with Gasteiger partial charge in [-0.2, -0.15) is 0 Å². The van der Waals surface area contributed by atoms with Crippen LogP contribution in [0, 0.1) is 5.41 Å². The Morgan fingerprint density at radius 1 is 1.57 bits per heavy atom. The first-order valence-electron chi connectivity index (χ1n) is 4.70. The standard InChI is InChI=1S/C9H19N3O2/c1-7(10)12(2)6-4-3-5-8(11)9(13)14/h8,10H,3-6,11H2,1-2H3,(H,13,14). The highest BCUT2D eigenvalue weighted by atomic mass is 16.4. The molecule has 82 valence electrons. The maximum absolute atomic E-state index is 10.4. The van der Waals surface area contributed by atoms with Gasteiger partial charge in [0.25, 0.3) is 0 Å². The number of carboxylic acid groups (broad SMARTS) is 1. The molecule has 0 aliphatic rings. The van der Waals surface area contributed by atoms with Gasteiger partial charge in [0.15, 0.2) is 0 Å². The minimum atomic E-state index is -0.943. The number of nitrogens with one attached hydrogen (secondary N) is 1. The molecular weight excluding hydrogens is 182 g/mol. The predicted molar refractivity (Wildman–Crippen MR) is 55.5 cm³/mol. The Bertz CT molecular complexity index is 184. The second-order valence-corrected chi connectivity index (χ2v) is 3.45. The number of amidine groups is 1. The summed E-state index contributed by atoms with van der Waals surface area (Å²) in [6, 6.07) is -0.749. The summed E-state index contributed by atoms with van der Waals surface area (Å²) in [6.45, 7) is 2.50. The molecule has 5 heteroatoms. The fraction of sp³-hybridized carbons (Fsp3) is 0.778. The van der Waals surface area contributed by atoms with E-state index in [1.54, 1.807) is 6.92 Å². The summed E-state index contributed by atoms with van der Waals surface area (Å²) in [5.74, 6) is -0.422. The van der Waals surface area contributed by atoms with Crippen molar-refractivity contribution in [2.75, 3.05) is 13.6 Å². The Hall–Kier alpha value is -1.10. The molecule has 0 aliphatic heterocycles. The average molecular weight is 201 g/mol. The number of hydrogen-bond acceptors (Lipinski definition) is 3. The molecule has 4 N–H and O–H groups in total. The van der Waals surface area contributed by atoms with E-state index in [4.69, 9.17) is 16.2 Å². The predicted octanol–water partition coefficient (Wildman–Crippen LogP) is 0.498. The lowest BCUT2D eigenvalue weighted by Crippen LogP contribution is -2.30. The summed E-state index contributed by atoms with van der Waals surface area (Å²) < 4.78 is 0. The second kappa shape index (κ2) is 6.37. The molecule has 0 aliphatic carbocycles. The summed E-state index contributed by atoms with van der Waals surface area (Å²) in [4.78, 5) is 12.2. The number of hydrogen-bond donors (Lipinski definition) is 3. The van der Waals surface area contributed by atoms with Crippen molar-refractivity contribution < 1.29 is 9.90 Å². The fourth-order valence-electron chi connectivity index (χ4n) is 1.00. The quantitative estimate of drug-likeness (QED) is 0.331. The van der Waals surface area contributed by atoms with Crippen molar-refractivity contribution >= 4 is 11.8 Å². The molecule has 0 bridgehead atoms. The van der Waals surface area contributed by atoms with Crippen molar-refractivity contribution in [3.63, 3.8) is 0 Å². The normalized spacial score (nSPS) is 12.2. The summed E-state index contributed by atoms with van der Waals surface area (Å²) in [7, 11) is 1.85. The molecule has 14 heavy (non-hydrogen) atoms. The topological polar surface area (TPSA) is 90.4 Å². The smallest absolute Gasteiger partial charge is 0.320 e. The molecule has 0 rings (SSSR count). The molecule has 0 aromatic rings. The van der Waals surface area contributed by atoms with Crippen LogP contribution in [-0.4, -0.2) is 41.4 Å². The third-order valence-electron chi connectivity index (χ3n) is 2.15. The lowest BCUT2D eigenvalue weighted by Gasteiger charge is -2.16. The van der Waals surface area contributed by atoms with Gasteiger partial charge in [-0.25, -0.2) is 0 Å². The first-order valence-corrected chi connectivity index (χ1v) is 4.70. The minimum absolute atomic E-state index is 0.500. The van der Waals surface area contributed by atoms with Crippen LogP contribution in [0.2, 0.25) is 0 Å². The van der Waals surface area contributed by atoms with Gasteiger partial charge in [-0.05, 0) is 26.2 Å². The van der Waals surface area contributed by atoms with Gasteiger partial charge in [-0.3, -0.25) is 10.2 Å². The van der Waals surface area contributed by atoms with Crippen molar-refractivity contribution in [3.05, 3.63) is 0 Å². The largest absolute Gasteiger partial charge is 0.480 e. The lowest BCUT2D eigenvalue weighted by molar-refractivity contribution is -0.138. The highest BCUT2D eigenvalue weighted by Gasteiger charge is 2.10. The number of aliphatic carboxylic acids is 1. The molecule has 0 radical (unpaired) electrons.